The van der Waals surface area contributed by atoms with E-state index >= 15 is 0 Å². The number of primary amides is 1. The van der Waals surface area contributed by atoms with Gasteiger partial charge in [-0.05, 0) is 0 Å². The van der Waals surface area contributed by atoms with E-state index in [1.54, 1.807) is 6.20 Å². The van der Waals surface area contributed by atoms with Gasteiger partial charge in [-0.15, -0.1) is 0 Å². The van der Waals surface area contributed by atoms with Crippen LogP contribution >= 0.6 is 0 Å². The van der Waals surface area contributed by atoms with Crippen LogP contribution in [-0.4, -0.2) is 53.1 Å². The predicted molar refractivity (Wildman–Crippen MR) is 80.2 cm³/mol. The Labute approximate surface area is 133 Å². The van der Waals surface area contributed by atoms with E-state index in [4.69, 9.17) is 11.5 Å². The molecule has 2 atom stereocenters. The Morgan fingerprint density at radius 1 is 1.39 bits per heavy atom. The van der Waals surface area contributed by atoms with Gasteiger partial charge in [-0.25, -0.2) is 0 Å². The number of carbonyl (C=O) groups is 3. The predicted octanol–water partition coefficient (Wildman–Crippen LogP) is -3.13. The number of carbonyl (C=O) groups excluding carboxylic acids is 3. The van der Waals surface area contributed by atoms with Crippen LogP contribution in [0.5, 0.6) is 0 Å². The fraction of sp³-hybridized carbons (Fsp3) is 0.500. The van der Waals surface area contributed by atoms with Gasteiger partial charge in [0.25, 0.3) is 0 Å². The zero-order valence-corrected chi connectivity index (χ0v) is 12.7. The number of aromatic nitrogens is 2. The molecule has 1 rings (SSSR count). The molecular weight excluding hydrogens is 303 g/mol. The van der Waals surface area contributed by atoms with Crippen LogP contribution in [0.4, 0.5) is 0 Å². The first-order chi connectivity index (χ1) is 10.8. The van der Waals surface area contributed by atoms with Crippen molar-refractivity contribution in [1.29, 1.82) is 0 Å². The maximum absolute atomic E-state index is 12.1. The summed E-state index contributed by atoms with van der Waals surface area (Å²) in [5.41, 5.74) is 10.9. The summed E-state index contributed by atoms with van der Waals surface area (Å²) in [6, 6.07) is -1.76. The number of rotatable bonds is 9. The molecule has 0 aliphatic heterocycles. The summed E-state index contributed by atoms with van der Waals surface area (Å²) in [6.45, 7) is 1.13. The van der Waals surface area contributed by atoms with E-state index in [0.717, 1.165) is 0 Å². The van der Waals surface area contributed by atoms with Crippen molar-refractivity contribution in [2.24, 2.45) is 11.5 Å². The number of hydrogen-bond acceptors (Lipinski definition) is 6. The summed E-state index contributed by atoms with van der Waals surface area (Å²) in [7, 11) is 0.709. The van der Waals surface area contributed by atoms with Gasteiger partial charge in [0.05, 0.1) is 0 Å². The van der Waals surface area contributed by atoms with E-state index < -0.39 is 29.8 Å². The molecule has 0 saturated heterocycles. The fourth-order valence-corrected chi connectivity index (χ4v) is 1.72. The van der Waals surface area contributed by atoms with Crippen LogP contribution in [0, 0.1) is 0 Å². The minimum absolute atomic E-state index is 0.0783. The quantitative estimate of drug-likeness (QED) is 0.351. The number of hydrogen-bond donors (Lipinski definition) is 4. The molecule has 0 fully saturated rings. The van der Waals surface area contributed by atoms with Crippen LogP contribution in [0.2, 0.25) is 0 Å². The molecule has 2 unspecified atom stereocenters. The summed E-state index contributed by atoms with van der Waals surface area (Å²) in [4.78, 5) is 38.6. The molecule has 1 aromatic rings. The summed E-state index contributed by atoms with van der Waals surface area (Å²) in [5, 5.41) is 4.80. The molecule has 0 aliphatic carbocycles. The molecular formula is C12H19BN6O4. The van der Waals surface area contributed by atoms with Gasteiger partial charge in [0.15, 0.2) is 0 Å². The van der Waals surface area contributed by atoms with Crippen molar-refractivity contribution in [2.45, 2.75) is 31.9 Å². The van der Waals surface area contributed by atoms with Crippen molar-refractivity contribution < 1.29 is 19.1 Å². The third-order valence-corrected chi connectivity index (χ3v) is 2.87. The summed E-state index contributed by atoms with van der Waals surface area (Å²) in [5.74, 6) is -1.80. The maximum atomic E-state index is 12.1. The van der Waals surface area contributed by atoms with Crippen LogP contribution in [0.15, 0.2) is 12.5 Å². The summed E-state index contributed by atoms with van der Waals surface area (Å²) in [6.07, 6.45) is 3.24. The average molecular weight is 322 g/mol. The molecule has 23 heavy (non-hydrogen) atoms. The van der Waals surface area contributed by atoms with Crippen molar-refractivity contribution in [3.05, 3.63) is 18.2 Å². The number of nitrogens with two attached hydrogens (primary N) is 2. The summed E-state index contributed by atoms with van der Waals surface area (Å²) >= 11 is 0. The van der Waals surface area contributed by atoms with Gasteiger partial charge in [0.1, 0.15) is 0 Å². The fourth-order valence-electron chi connectivity index (χ4n) is 1.72. The standard InChI is InChI=1S/C12H19BN6O4/c1-7(14)11(21)18-9(12(22)16-3-10(15)20)2-8-4-19(5-13-23)6-17-8/h4,6-7,9H,2-3,5,14H2,1H3,(H2,15,20)(H,16,22)(H,18,21). The Bertz CT molecular complexity index is 588. The van der Waals surface area contributed by atoms with E-state index in [2.05, 4.69) is 15.6 Å². The number of nitrogens with one attached hydrogen (secondary N) is 2. The average Bonchev–Trinajstić information content (AvgIpc) is 2.91. The Morgan fingerprint density at radius 2 is 2.09 bits per heavy atom. The Kier molecular flexibility index (Phi) is 7.06. The zero-order chi connectivity index (χ0) is 17.4. The minimum atomic E-state index is -0.965. The van der Waals surface area contributed by atoms with Crippen LogP contribution in [0.1, 0.15) is 12.6 Å². The van der Waals surface area contributed by atoms with Crippen LogP contribution < -0.4 is 22.1 Å². The van der Waals surface area contributed by atoms with E-state index in [-0.39, 0.29) is 19.4 Å². The van der Waals surface area contributed by atoms with Gasteiger partial charge in [-0.3, -0.25) is 0 Å². The van der Waals surface area contributed by atoms with E-state index in [9.17, 15) is 19.1 Å². The number of amides is 3. The molecule has 0 aromatic carbocycles. The van der Waals surface area contributed by atoms with Crippen molar-refractivity contribution in [3.63, 3.8) is 0 Å². The molecule has 11 heteroatoms. The molecule has 1 heterocycles. The molecule has 3 amide bonds. The van der Waals surface area contributed by atoms with Gasteiger partial charge in [-0.2, -0.15) is 0 Å². The first-order valence-electron chi connectivity index (χ1n) is 6.89. The van der Waals surface area contributed by atoms with Crippen LogP contribution in [-0.2, 0) is 32.0 Å². The molecule has 1 aromatic heterocycles. The Morgan fingerprint density at radius 3 is 2.65 bits per heavy atom. The van der Waals surface area contributed by atoms with Crippen LogP contribution in [0.25, 0.3) is 0 Å². The molecule has 0 spiro atoms. The van der Waals surface area contributed by atoms with Crippen LogP contribution in [0.3, 0.4) is 0 Å². The monoisotopic (exact) mass is 322 g/mol. The van der Waals surface area contributed by atoms with Crippen molar-refractivity contribution in [1.82, 2.24) is 20.2 Å². The van der Waals surface area contributed by atoms with Gasteiger partial charge in [-0.1, -0.05) is 0 Å². The van der Waals surface area contributed by atoms with Crippen molar-refractivity contribution in [3.8, 4) is 0 Å². The molecule has 124 valence electrons. The first kappa shape index (κ1) is 18.5. The van der Waals surface area contributed by atoms with Gasteiger partial charge in [0.2, 0.25) is 0 Å². The normalized spacial score (nSPS) is 12.8. The molecule has 0 radical (unpaired) electrons. The van der Waals surface area contributed by atoms with E-state index in [0.29, 0.717) is 12.8 Å². The topological polar surface area (TPSA) is 162 Å². The molecule has 10 nitrogen and oxygen atoms in total. The number of imidazole rings is 1. The van der Waals surface area contributed by atoms with E-state index in [1.165, 1.54) is 17.8 Å². The number of nitrogens with zero attached hydrogens (tertiary/aromatic N) is 2. The second-order valence-electron chi connectivity index (χ2n) is 4.97. The molecule has 0 aliphatic rings. The molecule has 0 bridgehead atoms. The van der Waals surface area contributed by atoms with E-state index in [1.807, 2.05) is 0 Å². The van der Waals surface area contributed by atoms with Gasteiger partial charge >= 0.3 is 132 Å². The van der Waals surface area contributed by atoms with Crippen molar-refractivity contribution in [2.75, 3.05) is 6.54 Å². The third-order valence-electron chi connectivity index (χ3n) is 2.87. The Balaban J connectivity index is 2.79. The molecule has 6 N–H and O–H groups in total. The van der Waals surface area contributed by atoms with Gasteiger partial charge < -0.3 is 0 Å². The second-order valence-corrected chi connectivity index (χ2v) is 4.97. The van der Waals surface area contributed by atoms with Crippen molar-refractivity contribution >= 4 is 24.9 Å². The zero-order valence-electron chi connectivity index (χ0n) is 12.7. The Hall–Kier alpha value is -2.56. The van der Waals surface area contributed by atoms with Gasteiger partial charge in [0, 0.05) is 0 Å². The summed E-state index contributed by atoms with van der Waals surface area (Å²) < 4.78 is 12.0. The first-order valence-corrected chi connectivity index (χ1v) is 6.89. The second kappa shape index (κ2) is 8.78. The SMILES string of the molecule is CC(N)C(=O)NC(Cc1cn(CB=O)cn1)C(=O)NCC(N)=O. The third kappa shape index (κ3) is 6.38. The molecule has 0 saturated carbocycles.